The van der Waals surface area contributed by atoms with Crippen molar-refractivity contribution >= 4 is 5.78 Å². The van der Waals surface area contributed by atoms with E-state index in [9.17, 15) is 4.79 Å². The molecule has 1 saturated carbocycles. The second-order valence-corrected chi connectivity index (χ2v) is 7.68. The van der Waals surface area contributed by atoms with E-state index in [1.54, 1.807) is 13.2 Å². The van der Waals surface area contributed by atoms with Crippen LogP contribution in [0.3, 0.4) is 0 Å². The lowest BCUT2D eigenvalue weighted by molar-refractivity contribution is -0.116. The maximum absolute atomic E-state index is 12.0. The van der Waals surface area contributed by atoms with Gasteiger partial charge in [0.2, 0.25) is 0 Å². The van der Waals surface area contributed by atoms with Gasteiger partial charge in [-0.2, -0.15) is 0 Å². The largest absolute Gasteiger partial charge is 0.493 e. The van der Waals surface area contributed by atoms with Crippen LogP contribution in [0.25, 0.3) is 0 Å². The van der Waals surface area contributed by atoms with Crippen molar-refractivity contribution in [2.75, 3.05) is 20.7 Å². The lowest BCUT2D eigenvalue weighted by atomic mass is 9.69. The van der Waals surface area contributed by atoms with E-state index in [1.807, 2.05) is 6.07 Å². The standard InChI is InChI=1S/C21H27NO3/c1-22-12-11-21(10-9-16(23)14-20(21)22)15-7-8-18(24-2)19(13-15)25-17-5-3-4-6-17/h7-10,13,17,20H,3-6,11-12,14H2,1-2H3. The molecular formula is C21H27NO3. The Morgan fingerprint density at radius 1 is 1.20 bits per heavy atom. The van der Waals surface area contributed by atoms with Gasteiger partial charge in [0.05, 0.1) is 13.2 Å². The highest BCUT2D eigenvalue weighted by Gasteiger charge is 2.48. The van der Waals surface area contributed by atoms with Crippen LogP contribution in [0.4, 0.5) is 0 Å². The number of methoxy groups -OCH3 is 1. The Hall–Kier alpha value is -1.81. The molecular weight excluding hydrogens is 314 g/mol. The fraction of sp³-hybridized carbons (Fsp3) is 0.571. The Balaban J connectivity index is 1.71. The average Bonchev–Trinajstić information content (AvgIpc) is 3.24. The Kier molecular flexibility index (Phi) is 4.32. The lowest BCUT2D eigenvalue weighted by Crippen LogP contribution is -2.43. The molecule has 2 atom stereocenters. The molecule has 1 aromatic rings. The summed E-state index contributed by atoms with van der Waals surface area (Å²) in [5.74, 6) is 1.87. The quantitative estimate of drug-likeness (QED) is 0.840. The summed E-state index contributed by atoms with van der Waals surface area (Å²) in [5, 5.41) is 0. The van der Waals surface area contributed by atoms with E-state index in [4.69, 9.17) is 9.47 Å². The highest BCUT2D eigenvalue weighted by atomic mass is 16.5. The van der Waals surface area contributed by atoms with E-state index >= 15 is 0 Å². The van der Waals surface area contributed by atoms with E-state index in [2.05, 4.69) is 30.2 Å². The van der Waals surface area contributed by atoms with Crippen molar-refractivity contribution in [3.63, 3.8) is 0 Å². The Bertz CT molecular complexity index is 692. The zero-order chi connectivity index (χ0) is 17.4. The van der Waals surface area contributed by atoms with Crippen LogP contribution in [0.15, 0.2) is 30.4 Å². The normalized spacial score (nSPS) is 29.8. The summed E-state index contributed by atoms with van der Waals surface area (Å²) >= 11 is 0. The molecule has 0 aromatic heterocycles. The summed E-state index contributed by atoms with van der Waals surface area (Å²) in [4.78, 5) is 14.3. The Morgan fingerprint density at radius 3 is 2.76 bits per heavy atom. The second-order valence-electron chi connectivity index (χ2n) is 7.68. The minimum Gasteiger partial charge on any atom is -0.493 e. The molecule has 4 nitrogen and oxygen atoms in total. The molecule has 3 aliphatic rings. The minimum absolute atomic E-state index is 0.0945. The zero-order valence-electron chi connectivity index (χ0n) is 15.2. The molecule has 4 rings (SSSR count). The third-order valence-electron chi connectivity index (χ3n) is 6.26. The highest BCUT2D eigenvalue weighted by Crippen LogP contribution is 2.46. The number of nitrogens with zero attached hydrogens (tertiary/aromatic N) is 1. The number of allylic oxidation sites excluding steroid dienone is 1. The molecule has 1 aromatic carbocycles. The molecule has 134 valence electrons. The summed E-state index contributed by atoms with van der Waals surface area (Å²) in [6, 6.07) is 6.56. The number of hydrogen-bond acceptors (Lipinski definition) is 4. The smallest absolute Gasteiger partial charge is 0.161 e. The number of hydrogen-bond donors (Lipinski definition) is 0. The van der Waals surface area contributed by atoms with Crippen LogP contribution in [0.1, 0.15) is 44.1 Å². The van der Waals surface area contributed by atoms with Gasteiger partial charge in [0, 0.05) is 17.9 Å². The SMILES string of the molecule is COc1ccc(C23C=CC(=O)CC2N(C)CC3)cc1OC1CCCC1. The molecule has 2 unspecified atom stereocenters. The maximum atomic E-state index is 12.0. The van der Waals surface area contributed by atoms with Gasteiger partial charge >= 0.3 is 0 Å². The highest BCUT2D eigenvalue weighted by molar-refractivity contribution is 5.92. The molecule has 0 N–H and O–H groups in total. The molecule has 1 saturated heterocycles. The number of ether oxygens (including phenoxy) is 2. The maximum Gasteiger partial charge on any atom is 0.161 e. The summed E-state index contributed by atoms with van der Waals surface area (Å²) in [6.45, 7) is 1.01. The molecule has 1 aliphatic heterocycles. The van der Waals surface area contributed by atoms with Crippen molar-refractivity contribution in [3.05, 3.63) is 35.9 Å². The number of benzene rings is 1. The second kappa shape index (κ2) is 6.49. The summed E-state index contributed by atoms with van der Waals surface area (Å²) in [5.41, 5.74) is 1.14. The van der Waals surface area contributed by atoms with E-state index in [0.29, 0.717) is 12.5 Å². The van der Waals surface area contributed by atoms with Gasteiger partial charge in [-0.15, -0.1) is 0 Å². The number of likely N-dealkylation sites (N-methyl/N-ethyl adjacent to an activating group) is 1. The van der Waals surface area contributed by atoms with Crippen LogP contribution in [-0.2, 0) is 10.2 Å². The molecule has 0 spiro atoms. The monoisotopic (exact) mass is 341 g/mol. The Labute approximate surface area is 149 Å². The van der Waals surface area contributed by atoms with Crippen molar-refractivity contribution in [2.45, 2.75) is 56.1 Å². The number of carbonyl (C=O) groups excluding carboxylic acids is 1. The number of ketones is 1. The molecule has 4 heteroatoms. The molecule has 25 heavy (non-hydrogen) atoms. The first-order chi connectivity index (χ1) is 12.1. The van der Waals surface area contributed by atoms with Gasteiger partial charge in [-0.3, -0.25) is 4.79 Å². The van der Waals surface area contributed by atoms with E-state index in [0.717, 1.165) is 37.3 Å². The molecule has 0 bridgehead atoms. The van der Waals surface area contributed by atoms with Crippen LogP contribution in [0, 0.1) is 0 Å². The van der Waals surface area contributed by atoms with Gasteiger partial charge in [-0.25, -0.2) is 0 Å². The number of fused-ring (bicyclic) bond motifs is 1. The van der Waals surface area contributed by atoms with E-state index in [1.165, 1.54) is 18.4 Å². The van der Waals surface area contributed by atoms with Crippen LogP contribution in [-0.4, -0.2) is 43.5 Å². The van der Waals surface area contributed by atoms with Crippen LogP contribution in [0.5, 0.6) is 11.5 Å². The van der Waals surface area contributed by atoms with Gasteiger partial charge in [0.15, 0.2) is 17.3 Å². The zero-order valence-corrected chi connectivity index (χ0v) is 15.2. The van der Waals surface area contributed by atoms with Crippen molar-refractivity contribution in [3.8, 4) is 11.5 Å². The van der Waals surface area contributed by atoms with Crippen molar-refractivity contribution in [1.82, 2.24) is 4.90 Å². The Morgan fingerprint density at radius 2 is 2.00 bits per heavy atom. The predicted octanol–water partition coefficient (Wildman–Crippen LogP) is 3.49. The molecule has 2 aliphatic carbocycles. The van der Waals surface area contributed by atoms with Gasteiger partial charge in [0.1, 0.15) is 0 Å². The summed E-state index contributed by atoms with van der Waals surface area (Å²) in [7, 11) is 3.82. The molecule has 2 fully saturated rings. The first-order valence-corrected chi connectivity index (χ1v) is 9.40. The van der Waals surface area contributed by atoms with E-state index in [-0.39, 0.29) is 17.2 Å². The van der Waals surface area contributed by atoms with Crippen molar-refractivity contribution in [1.29, 1.82) is 0 Å². The fourth-order valence-electron chi connectivity index (χ4n) is 4.79. The van der Waals surface area contributed by atoms with Crippen LogP contribution in [0.2, 0.25) is 0 Å². The fourth-order valence-corrected chi connectivity index (χ4v) is 4.79. The number of likely N-dealkylation sites (tertiary alicyclic amines) is 1. The first kappa shape index (κ1) is 16.6. The van der Waals surface area contributed by atoms with Crippen molar-refractivity contribution in [2.24, 2.45) is 0 Å². The third kappa shape index (κ3) is 2.86. The molecule has 0 radical (unpaired) electrons. The summed E-state index contributed by atoms with van der Waals surface area (Å²) in [6.07, 6.45) is 10.6. The van der Waals surface area contributed by atoms with Crippen LogP contribution < -0.4 is 9.47 Å². The average molecular weight is 341 g/mol. The van der Waals surface area contributed by atoms with Gasteiger partial charge < -0.3 is 14.4 Å². The number of carbonyl (C=O) groups is 1. The van der Waals surface area contributed by atoms with E-state index < -0.39 is 0 Å². The van der Waals surface area contributed by atoms with Gasteiger partial charge in [0.25, 0.3) is 0 Å². The first-order valence-electron chi connectivity index (χ1n) is 9.40. The molecule has 1 heterocycles. The minimum atomic E-state index is -0.0945. The van der Waals surface area contributed by atoms with Crippen LogP contribution >= 0.6 is 0 Å². The third-order valence-corrected chi connectivity index (χ3v) is 6.26. The lowest BCUT2D eigenvalue weighted by Gasteiger charge is -2.37. The summed E-state index contributed by atoms with van der Waals surface area (Å²) < 4.78 is 11.8. The van der Waals surface area contributed by atoms with Gasteiger partial charge in [-0.05, 0) is 69.5 Å². The predicted molar refractivity (Wildman–Crippen MR) is 97.4 cm³/mol. The number of rotatable bonds is 4. The van der Waals surface area contributed by atoms with Crippen molar-refractivity contribution < 1.29 is 14.3 Å². The molecule has 0 amide bonds. The topological polar surface area (TPSA) is 38.8 Å². The van der Waals surface area contributed by atoms with Gasteiger partial charge in [-0.1, -0.05) is 12.1 Å².